The van der Waals surface area contributed by atoms with Crippen LogP contribution in [0.5, 0.6) is 0 Å². The maximum atomic E-state index is 6.01. The molecule has 0 atom stereocenters. The Morgan fingerprint density at radius 3 is 2.71 bits per heavy atom. The number of fused-ring (bicyclic) bond motifs is 1. The lowest BCUT2D eigenvalue weighted by atomic mass is 10.1. The predicted octanol–water partition coefficient (Wildman–Crippen LogP) is 4.72. The number of halogens is 3. The number of pyridine rings is 1. The third kappa shape index (κ3) is 1.69. The Kier molecular flexibility index (Phi) is 2.82. The second-order valence-electron chi connectivity index (χ2n) is 3.04. The van der Waals surface area contributed by atoms with Crippen LogP contribution >= 0.6 is 43.5 Å². The fourth-order valence-corrected chi connectivity index (χ4v) is 2.16. The molecule has 1 aromatic carbocycles. The van der Waals surface area contributed by atoms with Gasteiger partial charge >= 0.3 is 0 Å². The van der Waals surface area contributed by atoms with Gasteiger partial charge in [-0.2, -0.15) is 0 Å². The third-order valence-corrected chi connectivity index (χ3v) is 4.43. The third-order valence-electron chi connectivity index (χ3n) is 2.04. The second-order valence-corrected chi connectivity index (χ2v) is 5.09. The summed E-state index contributed by atoms with van der Waals surface area (Å²) >= 11 is 12.9. The van der Waals surface area contributed by atoms with Gasteiger partial charge < -0.3 is 0 Å². The van der Waals surface area contributed by atoms with E-state index < -0.39 is 0 Å². The molecule has 1 nitrogen and oxygen atoms in total. The standard InChI is InChI=1S/C10H6Br2ClN/c1-5-2-6-9(3-8(5)13)14-4-7(11)10(6)12/h2-4H,1H3. The number of hydrogen-bond donors (Lipinski definition) is 0. The average Bonchev–Trinajstić information content (AvgIpc) is 2.15. The van der Waals surface area contributed by atoms with Crippen LogP contribution in [0.2, 0.25) is 5.02 Å². The van der Waals surface area contributed by atoms with Gasteiger partial charge in [0.1, 0.15) is 0 Å². The largest absolute Gasteiger partial charge is 0.255 e. The normalized spacial score (nSPS) is 10.9. The minimum Gasteiger partial charge on any atom is -0.255 e. The van der Waals surface area contributed by atoms with Crippen molar-refractivity contribution in [2.45, 2.75) is 6.92 Å². The van der Waals surface area contributed by atoms with E-state index in [0.717, 1.165) is 30.4 Å². The number of nitrogens with zero attached hydrogens (tertiary/aromatic N) is 1. The van der Waals surface area contributed by atoms with Gasteiger partial charge in [0.15, 0.2) is 0 Å². The van der Waals surface area contributed by atoms with Crippen LogP contribution in [0.25, 0.3) is 10.9 Å². The molecule has 0 fully saturated rings. The molecule has 0 unspecified atom stereocenters. The zero-order chi connectivity index (χ0) is 10.3. The molecular formula is C10H6Br2ClN. The summed E-state index contributed by atoms with van der Waals surface area (Å²) in [5.74, 6) is 0. The minimum atomic E-state index is 0.749. The van der Waals surface area contributed by atoms with Crippen molar-refractivity contribution >= 4 is 54.4 Å². The lowest BCUT2D eigenvalue weighted by molar-refractivity contribution is 1.36. The highest BCUT2D eigenvalue weighted by Gasteiger charge is 2.06. The molecule has 72 valence electrons. The average molecular weight is 335 g/mol. The summed E-state index contributed by atoms with van der Waals surface area (Å²) in [6.45, 7) is 1.98. The van der Waals surface area contributed by atoms with Crippen LogP contribution in [0, 0.1) is 6.92 Å². The molecule has 0 amide bonds. The van der Waals surface area contributed by atoms with Gasteiger partial charge in [-0.3, -0.25) is 4.98 Å². The van der Waals surface area contributed by atoms with E-state index in [1.807, 2.05) is 19.1 Å². The van der Waals surface area contributed by atoms with Gasteiger partial charge in [0, 0.05) is 21.1 Å². The van der Waals surface area contributed by atoms with Gasteiger partial charge in [-0.05, 0) is 56.5 Å². The molecule has 0 aliphatic carbocycles. The summed E-state index contributed by atoms with van der Waals surface area (Å²) in [6, 6.07) is 3.91. The lowest BCUT2D eigenvalue weighted by Gasteiger charge is -2.04. The fourth-order valence-electron chi connectivity index (χ4n) is 1.27. The van der Waals surface area contributed by atoms with Crippen LogP contribution in [0.15, 0.2) is 27.3 Å². The molecule has 2 aromatic rings. The molecule has 0 spiro atoms. The Hall–Kier alpha value is -0.120. The second kappa shape index (κ2) is 3.80. The number of benzene rings is 1. The monoisotopic (exact) mass is 333 g/mol. The molecule has 1 heterocycles. The fraction of sp³-hybridized carbons (Fsp3) is 0.100. The predicted molar refractivity (Wildman–Crippen MR) is 66.9 cm³/mol. The van der Waals surface area contributed by atoms with Gasteiger partial charge in [0.05, 0.1) is 9.99 Å². The molecular weight excluding hydrogens is 329 g/mol. The Morgan fingerprint density at radius 2 is 2.00 bits per heavy atom. The molecule has 0 bridgehead atoms. The molecule has 14 heavy (non-hydrogen) atoms. The van der Waals surface area contributed by atoms with Crippen molar-refractivity contribution in [1.82, 2.24) is 4.98 Å². The first kappa shape index (κ1) is 10.4. The van der Waals surface area contributed by atoms with Crippen LogP contribution in [0.3, 0.4) is 0 Å². The molecule has 0 saturated heterocycles. The first-order valence-corrected chi connectivity index (χ1v) is 5.96. The minimum absolute atomic E-state index is 0.749. The van der Waals surface area contributed by atoms with Gasteiger partial charge in [-0.25, -0.2) is 0 Å². The Bertz CT molecular complexity index is 511. The van der Waals surface area contributed by atoms with Crippen LogP contribution in [0.1, 0.15) is 5.56 Å². The van der Waals surface area contributed by atoms with Crippen molar-refractivity contribution in [3.63, 3.8) is 0 Å². The van der Waals surface area contributed by atoms with E-state index in [2.05, 4.69) is 36.8 Å². The molecule has 0 N–H and O–H groups in total. The highest BCUT2D eigenvalue weighted by Crippen LogP contribution is 2.32. The van der Waals surface area contributed by atoms with Crippen molar-refractivity contribution in [3.05, 3.63) is 37.9 Å². The number of rotatable bonds is 0. The SMILES string of the molecule is Cc1cc2c(Br)c(Br)cnc2cc1Cl. The van der Waals surface area contributed by atoms with E-state index in [9.17, 15) is 0 Å². The van der Waals surface area contributed by atoms with E-state index in [4.69, 9.17) is 11.6 Å². The quantitative estimate of drug-likeness (QED) is 0.679. The van der Waals surface area contributed by atoms with E-state index in [-0.39, 0.29) is 0 Å². The maximum absolute atomic E-state index is 6.01. The molecule has 0 radical (unpaired) electrons. The summed E-state index contributed by atoms with van der Waals surface area (Å²) in [5.41, 5.74) is 1.95. The van der Waals surface area contributed by atoms with Crippen molar-refractivity contribution in [2.24, 2.45) is 0 Å². The summed E-state index contributed by atoms with van der Waals surface area (Å²) in [5, 5.41) is 1.82. The van der Waals surface area contributed by atoms with Gasteiger partial charge in [0.25, 0.3) is 0 Å². The lowest BCUT2D eigenvalue weighted by Crippen LogP contribution is -1.84. The zero-order valence-electron chi connectivity index (χ0n) is 7.31. The highest BCUT2D eigenvalue weighted by molar-refractivity contribution is 9.13. The van der Waals surface area contributed by atoms with E-state index in [1.54, 1.807) is 6.20 Å². The number of aromatic nitrogens is 1. The highest BCUT2D eigenvalue weighted by atomic mass is 79.9. The molecule has 2 rings (SSSR count). The molecule has 0 aliphatic rings. The maximum Gasteiger partial charge on any atom is 0.0729 e. The van der Waals surface area contributed by atoms with Gasteiger partial charge in [0.2, 0.25) is 0 Å². The van der Waals surface area contributed by atoms with E-state index in [0.29, 0.717) is 0 Å². The Morgan fingerprint density at radius 1 is 1.29 bits per heavy atom. The molecule has 0 aliphatic heterocycles. The zero-order valence-corrected chi connectivity index (χ0v) is 11.2. The Balaban J connectivity index is 2.89. The molecule has 4 heteroatoms. The van der Waals surface area contributed by atoms with Gasteiger partial charge in [-0.1, -0.05) is 11.6 Å². The van der Waals surface area contributed by atoms with Gasteiger partial charge in [-0.15, -0.1) is 0 Å². The Labute approximate surface area is 104 Å². The van der Waals surface area contributed by atoms with E-state index in [1.165, 1.54) is 0 Å². The summed E-state index contributed by atoms with van der Waals surface area (Å²) in [4.78, 5) is 4.28. The first-order valence-electron chi connectivity index (χ1n) is 3.99. The molecule has 0 saturated carbocycles. The number of hydrogen-bond acceptors (Lipinski definition) is 1. The first-order chi connectivity index (χ1) is 6.59. The van der Waals surface area contributed by atoms with Crippen LogP contribution in [-0.4, -0.2) is 4.98 Å². The summed E-state index contributed by atoms with van der Waals surface area (Å²) in [7, 11) is 0. The smallest absolute Gasteiger partial charge is 0.0729 e. The van der Waals surface area contributed by atoms with Crippen molar-refractivity contribution in [1.29, 1.82) is 0 Å². The van der Waals surface area contributed by atoms with Crippen molar-refractivity contribution in [2.75, 3.05) is 0 Å². The van der Waals surface area contributed by atoms with Crippen LogP contribution in [0.4, 0.5) is 0 Å². The van der Waals surface area contributed by atoms with Crippen molar-refractivity contribution in [3.8, 4) is 0 Å². The van der Waals surface area contributed by atoms with Crippen LogP contribution in [-0.2, 0) is 0 Å². The van der Waals surface area contributed by atoms with Crippen LogP contribution < -0.4 is 0 Å². The number of aryl methyl sites for hydroxylation is 1. The van der Waals surface area contributed by atoms with Crippen molar-refractivity contribution < 1.29 is 0 Å². The molecule has 1 aromatic heterocycles. The van der Waals surface area contributed by atoms with E-state index >= 15 is 0 Å². The topological polar surface area (TPSA) is 12.9 Å². The summed E-state index contributed by atoms with van der Waals surface area (Å²) < 4.78 is 1.97. The summed E-state index contributed by atoms with van der Waals surface area (Å²) in [6.07, 6.45) is 1.76.